The average molecular weight is 323 g/mol. The zero-order valence-electron chi connectivity index (χ0n) is 14.2. The zero-order valence-corrected chi connectivity index (χ0v) is 14.2. The number of benzene rings is 1. The first kappa shape index (κ1) is 16.1. The van der Waals surface area contributed by atoms with Crippen molar-refractivity contribution in [1.82, 2.24) is 19.7 Å². The summed E-state index contributed by atoms with van der Waals surface area (Å²) in [4.78, 5) is 19.2. The Balaban J connectivity index is 1.76. The Morgan fingerprint density at radius 2 is 2.08 bits per heavy atom. The maximum absolute atomic E-state index is 12.6. The van der Waals surface area contributed by atoms with Gasteiger partial charge >= 0.3 is 0 Å². The fourth-order valence-electron chi connectivity index (χ4n) is 2.49. The van der Waals surface area contributed by atoms with Crippen molar-refractivity contribution in [3.63, 3.8) is 0 Å². The molecule has 0 aliphatic heterocycles. The fourth-order valence-corrected chi connectivity index (χ4v) is 2.49. The highest BCUT2D eigenvalue weighted by atomic mass is 16.1. The fraction of sp³-hybridized carbons (Fsp3) is 0.278. The van der Waals surface area contributed by atoms with Gasteiger partial charge in [0.1, 0.15) is 0 Å². The summed E-state index contributed by atoms with van der Waals surface area (Å²) in [5, 5.41) is 8.12. The molecular weight excluding hydrogens is 302 g/mol. The lowest BCUT2D eigenvalue weighted by Gasteiger charge is -2.09. The predicted molar refractivity (Wildman–Crippen MR) is 95.2 cm³/mol. The number of nitrogens with one attached hydrogen (secondary N) is 1. The third-order valence-electron chi connectivity index (χ3n) is 3.83. The first-order valence-corrected chi connectivity index (χ1v) is 7.88. The topological polar surface area (TPSA) is 63.1 Å². The molecule has 6 heteroatoms. The van der Waals surface area contributed by atoms with Crippen LogP contribution in [-0.4, -0.2) is 46.2 Å². The minimum absolute atomic E-state index is 0.169. The normalized spacial score (nSPS) is 11.2. The summed E-state index contributed by atoms with van der Waals surface area (Å²) in [6, 6.07) is 9.66. The predicted octanol–water partition coefficient (Wildman–Crippen LogP) is 2.55. The number of nitrogens with zero attached hydrogens (tertiary/aromatic N) is 4. The van der Waals surface area contributed by atoms with Crippen molar-refractivity contribution in [2.75, 3.05) is 26.0 Å². The monoisotopic (exact) mass is 323 g/mol. The van der Waals surface area contributed by atoms with E-state index in [-0.39, 0.29) is 5.91 Å². The van der Waals surface area contributed by atoms with Crippen LogP contribution in [0, 0.1) is 6.92 Å². The molecule has 1 N–H and O–H groups in total. The number of para-hydroxylation sites is 1. The molecule has 0 saturated heterocycles. The van der Waals surface area contributed by atoms with Crippen molar-refractivity contribution in [2.24, 2.45) is 0 Å². The van der Waals surface area contributed by atoms with Crippen molar-refractivity contribution in [3.8, 4) is 0 Å². The van der Waals surface area contributed by atoms with Gasteiger partial charge in [0.05, 0.1) is 35.2 Å². The molecule has 0 bridgehead atoms. The van der Waals surface area contributed by atoms with Gasteiger partial charge < -0.3 is 10.2 Å². The van der Waals surface area contributed by atoms with Gasteiger partial charge in [0.2, 0.25) is 0 Å². The molecule has 1 aromatic carbocycles. The summed E-state index contributed by atoms with van der Waals surface area (Å²) in [6.45, 7) is 3.52. The van der Waals surface area contributed by atoms with E-state index in [9.17, 15) is 4.79 Å². The molecule has 3 rings (SSSR count). The van der Waals surface area contributed by atoms with Crippen molar-refractivity contribution >= 4 is 22.5 Å². The molecule has 0 radical (unpaired) electrons. The van der Waals surface area contributed by atoms with Crippen molar-refractivity contribution in [2.45, 2.75) is 13.5 Å². The molecule has 0 aliphatic rings. The maximum atomic E-state index is 12.6. The van der Waals surface area contributed by atoms with E-state index >= 15 is 0 Å². The molecule has 0 atom stereocenters. The molecule has 1 amide bonds. The number of likely N-dealkylation sites (N-methyl/N-ethyl adjacent to an activating group) is 1. The van der Waals surface area contributed by atoms with E-state index in [1.165, 1.54) is 0 Å². The van der Waals surface area contributed by atoms with E-state index in [4.69, 9.17) is 0 Å². The number of aryl methyl sites for hydroxylation is 1. The number of rotatable bonds is 5. The van der Waals surface area contributed by atoms with Crippen LogP contribution in [0.25, 0.3) is 10.9 Å². The minimum Gasteiger partial charge on any atom is -0.319 e. The summed E-state index contributed by atoms with van der Waals surface area (Å²) < 4.78 is 1.82. The van der Waals surface area contributed by atoms with Crippen LogP contribution in [-0.2, 0) is 6.54 Å². The van der Waals surface area contributed by atoms with E-state index in [0.717, 1.165) is 24.0 Å². The Morgan fingerprint density at radius 1 is 1.29 bits per heavy atom. The Kier molecular flexibility index (Phi) is 4.57. The van der Waals surface area contributed by atoms with Crippen LogP contribution < -0.4 is 5.32 Å². The number of carbonyl (C=O) groups excluding carboxylic acids is 1. The third kappa shape index (κ3) is 3.60. The second kappa shape index (κ2) is 6.80. The lowest BCUT2D eigenvalue weighted by molar-refractivity contribution is 0.102. The quantitative estimate of drug-likeness (QED) is 0.784. The molecule has 2 heterocycles. The van der Waals surface area contributed by atoms with Crippen molar-refractivity contribution in [3.05, 3.63) is 54.0 Å². The lowest BCUT2D eigenvalue weighted by atomic mass is 10.1. The van der Waals surface area contributed by atoms with Gasteiger partial charge in [-0.3, -0.25) is 14.5 Å². The smallest absolute Gasteiger partial charge is 0.257 e. The largest absolute Gasteiger partial charge is 0.319 e. The molecule has 2 aromatic heterocycles. The van der Waals surface area contributed by atoms with Gasteiger partial charge in [-0.2, -0.15) is 5.10 Å². The standard InChI is InChI=1S/C18H21N5O/c1-13-16(10-14-6-4-5-7-17(14)20-13)18(24)21-15-11-19-23(12-15)9-8-22(2)3/h4-7,10-12H,8-9H2,1-3H3,(H,21,24). The highest BCUT2D eigenvalue weighted by Crippen LogP contribution is 2.17. The van der Waals surface area contributed by atoms with Gasteiger partial charge in [-0.25, -0.2) is 0 Å². The van der Waals surface area contributed by atoms with Gasteiger partial charge in [0, 0.05) is 18.1 Å². The first-order chi connectivity index (χ1) is 11.5. The molecule has 6 nitrogen and oxygen atoms in total. The molecule has 24 heavy (non-hydrogen) atoms. The summed E-state index contributed by atoms with van der Waals surface area (Å²) in [7, 11) is 4.03. The second-order valence-electron chi connectivity index (χ2n) is 6.06. The number of pyridine rings is 1. The lowest BCUT2D eigenvalue weighted by Crippen LogP contribution is -2.18. The van der Waals surface area contributed by atoms with Gasteiger partial charge in [-0.1, -0.05) is 18.2 Å². The average Bonchev–Trinajstić information content (AvgIpc) is 2.99. The summed E-state index contributed by atoms with van der Waals surface area (Å²) in [6.07, 6.45) is 3.50. The van der Waals surface area contributed by atoms with Crippen LogP contribution in [0.5, 0.6) is 0 Å². The summed E-state index contributed by atoms with van der Waals surface area (Å²) in [5.41, 5.74) is 2.87. The van der Waals surface area contributed by atoms with Crippen LogP contribution in [0.1, 0.15) is 16.1 Å². The zero-order chi connectivity index (χ0) is 17.1. The highest BCUT2D eigenvalue weighted by molar-refractivity contribution is 6.06. The number of fused-ring (bicyclic) bond motifs is 1. The van der Waals surface area contributed by atoms with E-state index < -0.39 is 0 Å². The second-order valence-corrected chi connectivity index (χ2v) is 6.06. The first-order valence-electron chi connectivity index (χ1n) is 7.88. The van der Waals surface area contributed by atoms with Crippen molar-refractivity contribution < 1.29 is 4.79 Å². The van der Waals surface area contributed by atoms with Crippen LogP contribution >= 0.6 is 0 Å². The Hall–Kier alpha value is -2.73. The number of hydrogen-bond acceptors (Lipinski definition) is 4. The molecule has 124 valence electrons. The van der Waals surface area contributed by atoms with Crippen LogP contribution in [0.4, 0.5) is 5.69 Å². The number of aromatic nitrogens is 3. The van der Waals surface area contributed by atoms with Crippen LogP contribution in [0.15, 0.2) is 42.7 Å². The Labute approximate surface area is 141 Å². The third-order valence-corrected chi connectivity index (χ3v) is 3.83. The van der Waals surface area contributed by atoms with Gasteiger partial charge in [0.25, 0.3) is 5.91 Å². The van der Waals surface area contributed by atoms with Gasteiger partial charge in [-0.15, -0.1) is 0 Å². The van der Waals surface area contributed by atoms with E-state index in [1.54, 1.807) is 6.20 Å². The molecule has 0 fully saturated rings. The molecule has 3 aromatic rings. The van der Waals surface area contributed by atoms with Crippen LogP contribution in [0.2, 0.25) is 0 Å². The summed E-state index contributed by atoms with van der Waals surface area (Å²) >= 11 is 0. The number of hydrogen-bond donors (Lipinski definition) is 1. The maximum Gasteiger partial charge on any atom is 0.257 e. The van der Waals surface area contributed by atoms with Gasteiger partial charge in [-0.05, 0) is 33.2 Å². The minimum atomic E-state index is -0.169. The molecule has 0 unspecified atom stereocenters. The highest BCUT2D eigenvalue weighted by Gasteiger charge is 2.12. The number of anilines is 1. The Bertz CT molecular complexity index is 869. The van der Waals surface area contributed by atoms with Crippen molar-refractivity contribution in [1.29, 1.82) is 0 Å². The Morgan fingerprint density at radius 3 is 2.88 bits per heavy atom. The number of carbonyl (C=O) groups is 1. The van der Waals surface area contributed by atoms with E-state index in [0.29, 0.717) is 16.9 Å². The molecular formula is C18H21N5O. The van der Waals surface area contributed by atoms with E-state index in [2.05, 4.69) is 20.3 Å². The summed E-state index contributed by atoms with van der Waals surface area (Å²) in [5.74, 6) is -0.169. The molecule has 0 saturated carbocycles. The number of amides is 1. The molecule has 0 spiro atoms. The molecule has 0 aliphatic carbocycles. The van der Waals surface area contributed by atoms with Crippen LogP contribution in [0.3, 0.4) is 0 Å². The van der Waals surface area contributed by atoms with E-state index in [1.807, 2.05) is 62.2 Å². The van der Waals surface area contributed by atoms with Gasteiger partial charge in [0.15, 0.2) is 0 Å². The SMILES string of the molecule is Cc1nc2ccccc2cc1C(=O)Nc1cnn(CCN(C)C)c1.